The number of benzene rings is 1. The van der Waals surface area contributed by atoms with Crippen LogP contribution in [0.2, 0.25) is 0 Å². The molecule has 0 spiro atoms. The Balaban J connectivity index is 2.99. The van der Waals surface area contributed by atoms with Crippen molar-refractivity contribution in [1.82, 2.24) is 0 Å². The van der Waals surface area contributed by atoms with E-state index in [9.17, 15) is 9.59 Å². The van der Waals surface area contributed by atoms with Gasteiger partial charge in [0.25, 0.3) is 0 Å². The zero-order valence-electron chi connectivity index (χ0n) is 12.2. The summed E-state index contributed by atoms with van der Waals surface area (Å²) in [4.78, 5) is 24.6. The van der Waals surface area contributed by atoms with Crippen LogP contribution in [0.3, 0.4) is 0 Å². The Bertz CT molecular complexity index is 492. The van der Waals surface area contributed by atoms with Crippen LogP contribution in [-0.2, 0) is 9.59 Å². The molecule has 0 saturated heterocycles. The average Bonchev–Trinajstić information content (AvgIpc) is 2.28. The van der Waals surface area contributed by atoms with Crippen LogP contribution in [0.4, 0.5) is 11.4 Å². The van der Waals surface area contributed by atoms with Crippen molar-refractivity contribution in [1.29, 1.82) is 0 Å². The van der Waals surface area contributed by atoms with Gasteiger partial charge in [0.15, 0.2) is 0 Å². The number of nitrogens with two attached hydrogens (primary N) is 1. The van der Waals surface area contributed by atoms with Gasteiger partial charge in [-0.1, -0.05) is 32.9 Å². The molecule has 0 aliphatic heterocycles. The molecular weight excluding hydrogens is 256 g/mol. The van der Waals surface area contributed by atoms with Gasteiger partial charge in [-0.2, -0.15) is 0 Å². The molecule has 1 amide bonds. The summed E-state index contributed by atoms with van der Waals surface area (Å²) < 4.78 is 0. The summed E-state index contributed by atoms with van der Waals surface area (Å²) in [5.74, 6) is -1.05. The number of nitrogens with zero attached hydrogens (tertiary/aromatic N) is 1. The summed E-state index contributed by atoms with van der Waals surface area (Å²) in [6.07, 6.45) is 0.227. The fourth-order valence-electron chi connectivity index (χ4n) is 1.87. The summed E-state index contributed by atoms with van der Waals surface area (Å²) in [5, 5.41) is 8.82. The van der Waals surface area contributed by atoms with Crippen molar-refractivity contribution in [3.63, 3.8) is 0 Å². The lowest BCUT2D eigenvalue weighted by Gasteiger charge is -2.27. The van der Waals surface area contributed by atoms with Crippen LogP contribution in [0.5, 0.6) is 0 Å². The zero-order valence-corrected chi connectivity index (χ0v) is 12.2. The summed E-state index contributed by atoms with van der Waals surface area (Å²) in [6.45, 7) is 6.02. The highest BCUT2D eigenvalue weighted by Crippen LogP contribution is 2.27. The first-order chi connectivity index (χ1) is 9.20. The second-order valence-corrected chi connectivity index (χ2v) is 5.99. The molecule has 5 heteroatoms. The van der Waals surface area contributed by atoms with E-state index in [0.717, 1.165) is 0 Å². The van der Waals surface area contributed by atoms with Gasteiger partial charge in [-0.15, -0.1) is 0 Å². The Labute approximate surface area is 119 Å². The number of anilines is 2. The molecule has 0 fully saturated rings. The lowest BCUT2D eigenvalue weighted by atomic mass is 9.91. The van der Waals surface area contributed by atoms with Crippen molar-refractivity contribution in [2.24, 2.45) is 5.41 Å². The van der Waals surface area contributed by atoms with Gasteiger partial charge >= 0.3 is 5.97 Å². The summed E-state index contributed by atoms with van der Waals surface area (Å²) in [5.41, 5.74) is 6.77. The predicted octanol–water partition coefficient (Wildman–Crippen LogP) is 2.51. The van der Waals surface area contributed by atoms with Crippen LogP contribution >= 0.6 is 0 Å². The summed E-state index contributed by atoms with van der Waals surface area (Å²) >= 11 is 0. The van der Waals surface area contributed by atoms with Gasteiger partial charge in [-0.3, -0.25) is 9.59 Å². The topological polar surface area (TPSA) is 83.6 Å². The molecule has 1 aromatic rings. The smallest absolute Gasteiger partial charge is 0.305 e. The Morgan fingerprint density at radius 1 is 1.25 bits per heavy atom. The summed E-state index contributed by atoms with van der Waals surface area (Å²) in [6, 6.07) is 7.00. The van der Waals surface area contributed by atoms with E-state index in [2.05, 4.69) is 0 Å². The summed E-state index contributed by atoms with van der Waals surface area (Å²) in [7, 11) is 0. The minimum absolute atomic E-state index is 0.107. The minimum Gasteiger partial charge on any atom is -0.481 e. The maximum atomic E-state index is 12.4. The monoisotopic (exact) mass is 278 g/mol. The third kappa shape index (κ3) is 4.91. The van der Waals surface area contributed by atoms with Gasteiger partial charge in [0.05, 0.1) is 17.8 Å². The number of carboxylic acid groups (broad SMARTS) is 1. The first kappa shape index (κ1) is 16.0. The van der Waals surface area contributed by atoms with Gasteiger partial charge in [0.1, 0.15) is 0 Å². The molecule has 20 heavy (non-hydrogen) atoms. The molecule has 110 valence electrons. The molecule has 0 aliphatic carbocycles. The Hall–Kier alpha value is -2.04. The number of rotatable bonds is 5. The van der Waals surface area contributed by atoms with E-state index in [1.807, 2.05) is 20.8 Å². The number of hydrogen-bond acceptors (Lipinski definition) is 3. The van der Waals surface area contributed by atoms with Crippen molar-refractivity contribution in [2.75, 3.05) is 17.2 Å². The SMILES string of the molecule is CC(C)(C)CC(=O)N(CCC(=O)O)c1ccccc1N. The molecule has 1 aromatic carbocycles. The minimum atomic E-state index is -0.937. The molecule has 0 radical (unpaired) electrons. The van der Waals surface area contributed by atoms with E-state index in [1.165, 1.54) is 4.90 Å². The number of amides is 1. The molecule has 1 rings (SSSR count). The molecule has 3 N–H and O–H groups in total. The largest absolute Gasteiger partial charge is 0.481 e. The van der Waals surface area contributed by atoms with Crippen LogP contribution in [0.25, 0.3) is 0 Å². The zero-order chi connectivity index (χ0) is 15.3. The van der Waals surface area contributed by atoms with E-state index in [-0.39, 0.29) is 24.3 Å². The third-order valence-electron chi connectivity index (χ3n) is 2.76. The highest BCUT2D eigenvalue weighted by Gasteiger charge is 2.23. The fraction of sp³-hybridized carbons (Fsp3) is 0.467. The highest BCUT2D eigenvalue weighted by molar-refractivity contribution is 5.97. The Morgan fingerprint density at radius 3 is 2.35 bits per heavy atom. The van der Waals surface area contributed by atoms with Gasteiger partial charge in [-0.25, -0.2) is 0 Å². The van der Waals surface area contributed by atoms with Gasteiger partial charge in [0, 0.05) is 13.0 Å². The van der Waals surface area contributed by atoms with E-state index < -0.39 is 5.97 Å². The predicted molar refractivity (Wildman–Crippen MR) is 79.5 cm³/mol. The maximum absolute atomic E-state index is 12.4. The number of nitrogen functional groups attached to an aromatic ring is 1. The molecule has 0 atom stereocenters. The van der Waals surface area contributed by atoms with Crippen molar-refractivity contribution in [2.45, 2.75) is 33.6 Å². The van der Waals surface area contributed by atoms with E-state index in [4.69, 9.17) is 10.8 Å². The van der Waals surface area contributed by atoms with Gasteiger partial charge < -0.3 is 15.7 Å². The molecule has 5 nitrogen and oxygen atoms in total. The van der Waals surface area contributed by atoms with E-state index >= 15 is 0 Å². The molecular formula is C15H22N2O3. The van der Waals surface area contributed by atoms with E-state index in [1.54, 1.807) is 24.3 Å². The van der Waals surface area contributed by atoms with Crippen molar-refractivity contribution in [3.8, 4) is 0 Å². The quantitative estimate of drug-likeness (QED) is 0.811. The van der Waals surface area contributed by atoms with Crippen LogP contribution < -0.4 is 10.6 Å². The van der Waals surface area contributed by atoms with Crippen molar-refractivity contribution >= 4 is 23.3 Å². The second kappa shape index (κ2) is 6.41. The average molecular weight is 278 g/mol. The molecule has 0 aromatic heterocycles. The highest BCUT2D eigenvalue weighted by atomic mass is 16.4. The number of carbonyl (C=O) groups is 2. The number of hydrogen-bond donors (Lipinski definition) is 2. The third-order valence-corrected chi connectivity index (χ3v) is 2.76. The lowest BCUT2D eigenvalue weighted by Crippen LogP contribution is -2.35. The lowest BCUT2D eigenvalue weighted by molar-refractivity contribution is -0.136. The molecule has 0 heterocycles. The maximum Gasteiger partial charge on any atom is 0.305 e. The molecule has 0 unspecified atom stereocenters. The standard InChI is InChI=1S/C15H22N2O3/c1-15(2,3)10-13(18)17(9-8-14(19)20)12-7-5-4-6-11(12)16/h4-7H,8-10,16H2,1-3H3,(H,19,20). The van der Waals surface area contributed by atoms with Crippen LogP contribution in [0.15, 0.2) is 24.3 Å². The number of para-hydroxylation sites is 2. The fourth-order valence-corrected chi connectivity index (χ4v) is 1.87. The van der Waals surface area contributed by atoms with Crippen LogP contribution in [0.1, 0.15) is 33.6 Å². The molecule has 0 saturated carbocycles. The van der Waals surface area contributed by atoms with Gasteiger partial charge in [0.2, 0.25) is 5.91 Å². The Morgan fingerprint density at radius 2 is 1.85 bits per heavy atom. The first-order valence-corrected chi connectivity index (χ1v) is 6.57. The normalized spacial score (nSPS) is 11.2. The van der Waals surface area contributed by atoms with Crippen molar-refractivity contribution < 1.29 is 14.7 Å². The first-order valence-electron chi connectivity index (χ1n) is 6.57. The number of carboxylic acids is 1. The van der Waals surface area contributed by atoms with E-state index in [0.29, 0.717) is 17.8 Å². The second-order valence-electron chi connectivity index (χ2n) is 5.99. The van der Waals surface area contributed by atoms with Crippen LogP contribution in [-0.4, -0.2) is 23.5 Å². The number of aliphatic carboxylic acids is 1. The van der Waals surface area contributed by atoms with Gasteiger partial charge in [-0.05, 0) is 17.5 Å². The van der Waals surface area contributed by atoms with Crippen LogP contribution in [0, 0.1) is 5.41 Å². The van der Waals surface area contributed by atoms with Crippen molar-refractivity contribution in [3.05, 3.63) is 24.3 Å². The molecule has 0 aliphatic rings. The molecule has 0 bridgehead atoms. The Kier molecular flexibility index (Phi) is 5.13. The number of carbonyl (C=O) groups excluding carboxylic acids is 1.